The summed E-state index contributed by atoms with van der Waals surface area (Å²) in [7, 11) is 2.15. The number of likely N-dealkylation sites (N-methyl/N-ethyl adjacent to an activating group) is 1. The molecule has 1 N–H and O–H groups in total. The van der Waals surface area contributed by atoms with Crippen molar-refractivity contribution in [1.29, 1.82) is 0 Å². The van der Waals surface area contributed by atoms with Gasteiger partial charge >= 0.3 is 0 Å². The van der Waals surface area contributed by atoms with Crippen molar-refractivity contribution < 1.29 is 4.79 Å². The van der Waals surface area contributed by atoms with Crippen LogP contribution in [0.1, 0.15) is 24.6 Å². The molecule has 27 heavy (non-hydrogen) atoms. The molecule has 1 aromatic carbocycles. The molecule has 2 aliphatic rings. The average molecular weight is 368 g/mol. The van der Waals surface area contributed by atoms with Crippen LogP contribution in [0.4, 0.5) is 0 Å². The van der Waals surface area contributed by atoms with Gasteiger partial charge in [0.15, 0.2) is 5.82 Å². The highest BCUT2D eigenvalue weighted by Gasteiger charge is 2.31. The van der Waals surface area contributed by atoms with Crippen molar-refractivity contribution in [2.24, 2.45) is 0 Å². The Morgan fingerprint density at radius 3 is 2.67 bits per heavy atom. The number of carbonyl (C=O) groups is 1. The van der Waals surface area contributed by atoms with Gasteiger partial charge in [0.1, 0.15) is 5.82 Å². The van der Waals surface area contributed by atoms with E-state index in [0.717, 1.165) is 69.3 Å². The van der Waals surface area contributed by atoms with E-state index in [4.69, 9.17) is 0 Å². The lowest BCUT2D eigenvalue weighted by molar-refractivity contribution is -0.123. The molecule has 0 radical (unpaired) electrons. The second kappa shape index (κ2) is 8.19. The summed E-state index contributed by atoms with van der Waals surface area (Å²) in [6.45, 7) is 6.82. The molecule has 1 unspecified atom stereocenters. The molecule has 3 heterocycles. The van der Waals surface area contributed by atoms with Crippen molar-refractivity contribution in [3.05, 3.63) is 36.2 Å². The molecule has 0 saturated carbocycles. The number of rotatable bonds is 5. The van der Waals surface area contributed by atoms with Crippen LogP contribution in [0.2, 0.25) is 0 Å². The van der Waals surface area contributed by atoms with Crippen LogP contribution in [0, 0.1) is 0 Å². The van der Waals surface area contributed by atoms with Gasteiger partial charge in [0.05, 0.1) is 5.92 Å². The molecule has 0 spiro atoms. The zero-order chi connectivity index (χ0) is 18.6. The van der Waals surface area contributed by atoms with Crippen molar-refractivity contribution in [3.8, 4) is 11.4 Å². The van der Waals surface area contributed by atoms with Gasteiger partial charge in [0.25, 0.3) is 0 Å². The Balaban J connectivity index is 1.38. The Morgan fingerprint density at radius 1 is 1.11 bits per heavy atom. The summed E-state index contributed by atoms with van der Waals surface area (Å²) in [4.78, 5) is 17.5. The molecule has 1 amide bonds. The highest BCUT2D eigenvalue weighted by molar-refractivity contribution is 5.83. The van der Waals surface area contributed by atoms with Gasteiger partial charge in [0, 0.05) is 51.4 Å². The topological polar surface area (TPSA) is 66.3 Å². The summed E-state index contributed by atoms with van der Waals surface area (Å²) in [6, 6.07) is 10.1. The van der Waals surface area contributed by atoms with Crippen LogP contribution in [0.3, 0.4) is 0 Å². The number of aromatic nitrogens is 3. The van der Waals surface area contributed by atoms with Crippen LogP contribution in [-0.4, -0.2) is 76.8 Å². The van der Waals surface area contributed by atoms with Crippen molar-refractivity contribution in [3.63, 3.8) is 0 Å². The third-order valence-electron chi connectivity index (χ3n) is 5.64. The quantitative estimate of drug-likeness (QED) is 0.859. The number of hydrogen-bond acceptors (Lipinski definition) is 5. The molecule has 0 aliphatic carbocycles. The van der Waals surface area contributed by atoms with Gasteiger partial charge < -0.3 is 14.8 Å². The second-order valence-electron chi connectivity index (χ2n) is 7.53. The first kappa shape index (κ1) is 18.1. The van der Waals surface area contributed by atoms with Crippen LogP contribution in [0.25, 0.3) is 11.4 Å². The molecule has 4 rings (SSSR count). The normalized spacial score (nSPS) is 21.0. The third kappa shape index (κ3) is 4.04. The molecular weight excluding hydrogens is 340 g/mol. The minimum absolute atomic E-state index is 0.0806. The van der Waals surface area contributed by atoms with E-state index in [9.17, 15) is 4.79 Å². The zero-order valence-electron chi connectivity index (χ0n) is 16.0. The number of piperazine rings is 1. The third-order valence-corrected chi connectivity index (χ3v) is 5.64. The fraction of sp³-hybridized carbons (Fsp3) is 0.550. The average Bonchev–Trinajstić information content (AvgIpc) is 3.14. The lowest BCUT2D eigenvalue weighted by Gasteiger charge is -2.32. The smallest absolute Gasteiger partial charge is 0.230 e. The van der Waals surface area contributed by atoms with E-state index < -0.39 is 0 Å². The standard InChI is InChI=1S/C20H28N6O/c1-24-12-14-25(15-13-24)11-9-21-20(27)17-8-5-10-26-18(22-23-19(17)26)16-6-3-2-4-7-16/h2-4,6-7,17H,5,8-15H2,1H3,(H,21,27). The Hall–Kier alpha value is -2.25. The van der Waals surface area contributed by atoms with Gasteiger partial charge in [-0.05, 0) is 19.9 Å². The van der Waals surface area contributed by atoms with E-state index in [1.54, 1.807) is 0 Å². The van der Waals surface area contributed by atoms with Crippen molar-refractivity contribution in [1.82, 2.24) is 29.9 Å². The summed E-state index contributed by atoms with van der Waals surface area (Å²) in [6.07, 6.45) is 1.81. The number of benzene rings is 1. The van der Waals surface area contributed by atoms with E-state index >= 15 is 0 Å². The first-order chi connectivity index (χ1) is 13.2. The molecule has 2 aliphatic heterocycles. The van der Waals surface area contributed by atoms with E-state index in [2.05, 4.69) is 36.9 Å². The Kier molecular flexibility index (Phi) is 5.50. The van der Waals surface area contributed by atoms with Gasteiger partial charge in [-0.3, -0.25) is 9.69 Å². The van der Waals surface area contributed by atoms with Crippen LogP contribution < -0.4 is 5.32 Å². The summed E-state index contributed by atoms with van der Waals surface area (Å²) in [5.41, 5.74) is 1.05. The Morgan fingerprint density at radius 2 is 1.89 bits per heavy atom. The molecule has 144 valence electrons. The molecule has 7 heteroatoms. The first-order valence-electron chi connectivity index (χ1n) is 9.89. The number of nitrogens with zero attached hydrogens (tertiary/aromatic N) is 5. The molecule has 0 bridgehead atoms. The minimum Gasteiger partial charge on any atom is -0.354 e. The highest BCUT2D eigenvalue weighted by Crippen LogP contribution is 2.30. The largest absolute Gasteiger partial charge is 0.354 e. The molecular formula is C20H28N6O. The predicted molar refractivity (Wildman–Crippen MR) is 104 cm³/mol. The van der Waals surface area contributed by atoms with Gasteiger partial charge in [0.2, 0.25) is 5.91 Å². The Labute approximate surface area is 160 Å². The summed E-state index contributed by atoms with van der Waals surface area (Å²) >= 11 is 0. The van der Waals surface area contributed by atoms with Gasteiger partial charge in [-0.15, -0.1) is 10.2 Å². The van der Waals surface area contributed by atoms with Crippen molar-refractivity contribution >= 4 is 5.91 Å². The summed E-state index contributed by atoms with van der Waals surface area (Å²) in [5.74, 6) is 1.55. The minimum atomic E-state index is -0.198. The monoisotopic (exact) mass is 368 g/mol. The second-order valence-corrected chi connectivity index (χ2v) is 7.53. The van der Waals surface area contributed by atoms with Gasteiger partial charge in [-0.1, -0.05) is 30.3 Å². The maximum absolute atomic E-state index is 12.8. The van der Waals surface area contributed by atoms with E-state index in [0.29, 0.717) is 6.54 Å². The SMILES string of the molecule is CN1CCN(CCNC(=O)C2CCCn3c(-c4ccccc4)nnc32)CC1. The van der Waals surface area contributed by atoms with Gasteiger partial charge in [-0.25, -0.2) is 0 Å². The molecule has 1 saturated heterocycles. The van der Waals surface area contributed by atoms with E-state index in [-0.39, 0.29) is 11.8 Å². The number of hydrogen-bond donors (Lipinski definition) is 1. The zero-order valence-corrected chi connectivity index (χ0v) is 16.0. The number of nitrogens with one attached hydrogen (secondary N) is 1. The van der Waals surface area contributed by atoms with Gasteiger partial charge in [-0.2, -0.15) is 0 Å². The maximum atomic E-state index is 12.8. The molecule has 1 fully saturated rings. The lowest BCUT2D eigenvalue weighted by Crippen LogP contribution is -2.47. The molecule has 7 nitrogen and oxygen atoms in total. The lowest BCUT2D eigenvalue weighted by atomic mass is 9.97. The summed E-state index contributed by atoms with van der Waals surface area (Å²) < 4.78 is 2.11. The fourth-order valence-electron chi connectivity index (χ4n) is 3.96. The van der Waals surface area contributed by atoms with Crippen molar-refractivity contribution in [2.75, 3.05) is 46.3 Å². The fourth-order valence-corrected chi connectivity index (χ4v) is 3.96. The molecule has 2 aromatic rings. The number of carbonyl (C=O) groups excluding carboxylic acids is 1. The van der Waals surface area contributed by atoms with E-state index in [1.165, 1.54) is 0 Å². The summed E-state index contributed by atoms with van der Waals surface area (Å²) in [5, 5.41) is 11.9. The van der Waals surface area contributed by atoms with Crippen LogP contribution in [0.15, 0.2) is 30.3 Å². The van der Waals surface area contributed by atoms with Crippen LogP contribution in [0.5, 0.6) is 0 Å². The predicted octanol–water partition coefficient (Wildman–Crippen LogP) is 1.19. The van der Waals surface area contributed by atoms with E-state index in [1.807, 2.05) is 30.3 Å². The highest BCUT2D eigenvalue weighted by atomic mass is 16.1. The maximum Gasteiger partial charge on any atom is 0.230 e. The Bertz CT molecular complexity index is 766. The molecule has 1 atom stereocenters. The van der Waals surface area contributed by atoms with Crippen LogP contribution >= 0.6 is 0 Å². The first-order valence-corrected chi connectivity index (χ1v) is 9.89. The van der Waals surface area contributed by atoms with Crippen LogP contribution in [-0.2, 0) is 11.3 Å². The number of amides is 1. The number of fused-ring (bicyclic) bond motifs is 1. The van der Waals surface area contributed by atoms with Crippen molar-refractivity contribution in [2.45, 2.75) is 25.3 Å². The molecule has 1 aromatic heterocycles.